The van der Waals surface area contributed by atoms with Crippen LogP contribution in [-0.2, 0) is 0 Å². The van der Waals surface area contributed by atoms with Gasteiger partial charge in [0.15, 0.2) is 0 Å². The zero-order valence-corrected chi connectivity index (χ0v) is 9.81. The molecule has 3 unspecified atom stereocenters. The Kier molecular flexibility index (Phi) is 3.24. The monoisotopic (exact) mass is 209 g/mol. The molecule has 3 atom stereocenters. The van der Waals surface area contributed by atoms with Gasteiger partial charge in [0.05, 0.1) is 0 Å². The van der Waals surface area contributed by atoms with E-state index in [-0.39, 0.29) is 0 Å². The van der Waals surface area contributed by atoms with E-state index in [2.05, 4.69) is 36.7 Å². The predicted octanol–water partition coefficient (Wildman–Crippen LogP) is 3.24. The van der Waals surface area contributed by atoms with Crippen molar-refractivity contribution < 1.29 is 0 Å². The van der Waals surface area contributed by atoms with E-state index in [0.717, 1.165) is 24.4 Å². The highest BCUT2D eigenvalue weighted by Crippen LogP contribution is 2.45. The molecule has 0 aromatic carbocycles. The Morgan fingerprint density at radius 2 is 2.36 bits per heavy atom. The van der Waals surface area contributed by atoms with Gasteiger partial charge in [0.25, 0.3) is 0 Å². The van der Waals surface area contributed by atoms with E-state index >= 15 is 0 Å². The number of nitrogens with one attached hydrogen (secondary N) is 1. The summed E-state index contributed by atoms with van der Waals surface area (Å²) in [7, 11) is 0. The van der Waals surface area contributed by atoms with Crippen LogP contribution in [0.3, 0.4) is 0 Å². The van der Waals surface area contributed by atoms with Crippen LogP contribution < -0.4 is 5.32 Å². The lowest BCUT2D eigenvalue weighted by Crippen LogP contribution is -2.48. The summed E-state index contributed by atoms with van der Waals surface area (Å²) in [4.78, 5) is 1.59. The molecule has 1 aromatic rings. The molecule has 0 aliphatic heterocycles. The Bertz CT molecular complexity index is 268. The highest BCUT2D eigenvalue weighted by molar-refractivity contribution is 7.10. The highest BCUT2D eigenvalue weighted by Gasteiger charge is 2.40. The summed E-state index contributed by atoms with van der Waals surface area (Å²) in [6.45, 7) is 5.62. The van der Waals surface area contributed by atoms with Gasteiger partial charge in [-0.25, -0.2) is 0 Å². The average Bonchev–Trinajstić information content (AvgIpc) is 2.65. The maximum absolute atomic E-state index is 3.58. The molecule has 1 N–H and O–H groups in total. The first-order valence-corrected chi connectivity index (χ1v) is 6.51. The average molecular weight is 209 g/mol. The summed E-state index contributed by atoms with van der Waals surface area (Å²) >= 11 is 1.92. The fourth-order valence-corrected chi connectivity index (χ4v) is 3.52. The third kappa shape index (κ3) is 1.73. The minimum absolute atomic E-state index is 0.775. The lowest BCUT2D eigenvalue weighted by atomic mass is 9.67. The molecule has 1 aliphatic rings. The van der Waals surface area contributed by atoms with Crippen molar-refractivity contribution >= 4 is 11.3 Å². The van der Waals surface area contributed by atoms with Gasteiger partial charge in [-0.15, -0.1) is 11.3 Å². The lowest BCUT2D eigenvalue weighted by molar-refractivity contribution is 0.165. The number of hydrogen-bond acceptors (Lipinski definition) is 2. The zero-order chi connectivity index (χ0) is 9.97. The third-order valence-electron chi connectivity index (χ3n) is 3.39. The van der Waals surface area contributed by atoms with Crippen molar-refractivity contribution in [3.8, 4) is 0 Å². The molecule has 0 radical (unpaired) electrons. The van der Waals surface area contributed by atoms with Crippen molar-refractivity contribution in [1.82, 2.24) is 5.32 Å². The van der Waals surface area contributed by atoms with Crippen LogP contribution >= 0.6 is 11.3 Å². The number of hydrogen-bond donors (Lipinski definition) is 1. The van der Waals surface area contributed by atoms with Crippen molar-refractivity contribution in [3.63, 3.8) is 0 Å². The third-order valence-corrected chi connectivity index (χ3v) is 4.39. The summed E-state index contributed by atoms with van der Waals surface area (Å²) in [5.74, 6) is 1.71. The first-order chi connectivity index (χ1) is 6.86. The van der Waals surface area contributed by atoms with Gasteiger partial charge in [0.1, 0.15) is 0 Å². The van der Waals surface area contributed by atoms with Crippen LogP contribution in [0.1, 0.15) is 37.5 Å². The smallest absolute Gasteiger partial charge is 0.0107 e. The van der Waals surface area contributed by atoms with Gasteiger partial charge in [-0.3, -0.25) is 0 Å². The highest BCUT2D eigenvalue weighted by atomic mass is 32.1. The molecule has 1 aromatic heterocycles. The minimum Gasteiger partial charge on any atom is -0.314 e. The quantitative estimate of drug-likeness (QED) is 0.802. The Labute approximate surface area is 90.5 Å². The van der Waals surface area contributed by atoms with Crippen molar-refractivity contribution in [1.29, 1.82) is 0 Å². The molecule has 1 aliphatic carbocycles. The standard InChI is InChI=1S/C12H19NS/c1-3-9-10(8-11(9)13-4-2)12-6-5-7-14-12/h5-7,9-11,13H,3-4,8H2,1-2H3. The molecule has 0 spiro atoms. The molecule has 0 saturated heterocycles. The van der Waals surface area contributed by atoms with Gasteiger partial charge in [0.2, 0.25) is 0 Å². The van der Waals surface area contributed by atoms with Gasteiger partial charge >= 0.3 is 0 Å². The molecule has 0 amide bonds. The summed E-state index contributed by atoms with van der Waals surface area (Å²) in [6.07, 6.45) is 2.65. The maximum Gasteiger partial charge on any atom is 0.0107 e. The van der Waals surface area contributed by atoms with Gasteiger partial charge in [-0.2, -0.15) is 0 Å². The summed E-state index contributed by atoms with van der Waals surface area (Å²) in [5.41, 5.74) is 0. The summed E-state index contributed by atoms with van der Waals surface area (Å²) < 4.78 is 0. The molecular formula is C12H19NS. The SMILES string of the molecule is CCNC1CC(c2cccs2)C1CC. The molecule has 14 heavy (non-hydrogen) atoms. The minimum atomic E-state index is 0.775. The molecule has 78 valence electrons. The summed E-state index contributed by atoms with van der Waals surface area (Å²) in [6, 6.07) is 5.24. The largest absolute Gasteiger partial charge is 0.314 e. The summed E-state index contributed by atoms with van der Waals surface area (Å²) in [5, 5.41) is 5.78. The topological polar surface area (TPSA) is 12.0 Å². The Morgan fingerprint density at radius 1 is 1.50 bits per heavy atom. The second-order valence-corrected chi connectivity index (χ2v) is 5.07. The van der Waals surface area contributed by atoms with E-state index in [4.69, 9.17) is 0 Å². The van der Waals surface area contributed by atoms with Gasteiger partial charge in [0, 0.05) is 10.9 Å². The van der Waals surface area contributed by atoms with Crippen molar-refractivity contribution in [2.45, 2.75) is 38.6 Å². The number of rotatable bonds is 4. The van der Waals surface area contributed by atoms with Crippen LogP contribution in [0.15, 0.2) is 17.5 Å². The second-order valence-electron chi connectivity index (χ2n) is 4.09. The fraction of sp³-hybridized carbons (Fsp3) is 0.667. The van der Waals surface area contributed by atoms with Crippen LogP contribution in [-0.4, -0.2) is 12.6 Å². The predicted molar refractivity (Wildman–Crippen MR) is 62.9 cm³/mol. The fourth-order valence-electron chi connectivity index (χ4n) is 2.60. The molecule has 2 heteroatoms. The maximum atomic E-state index is 3.58. The Balaban J connectivity index is 1.98. The zero-order valence-electron chi connectivity index (χ0n) is 8.99. The van der Waals surface area contributed by atoms with Crippen LogP contribution in [0.5, 0.6) is 0 Å². The molecule has 0 bridgehead atoms. The first-order valence-electron chi connectivity index (χ1n) is 5.63. The Hall–Kier alpha value is -0.340. The normalized spacial score (nSPS) is 31.4. The van der Waals surface area contributed by atoms with E-state index in [0.29, 0.717) is 0 Å². The molecule has 1 heterocycles. The van der Waals surface area contributed by atoms with E-state index in [1.165, 1.54) is 12.8 Å². The first kappa shape index (κ1) is 10.2. The molecule has 1 fully saturated rings. The van der Waals surface area contributed by atoms with Crippen LogP contribution in [0.4, 0.5) is 0 Å². The Morgan fingerprint density at radius 3 is 2.93 bits per heavy atom. The molecule has 1 saturated carbocycles. The molecule has 2 rings (SSSR count). The van der Waals surface area contributed by atoms with E-state index in [9.17, 15) is 0 Å². The van der Waals surface area contributed by atoms with Crippen LogP contribution in [0.2, 0.25) is 0 Å². The van der Waals surface area contributed by atoms with Crippen molar-refractivity contribution in [2.75, 3.05) is 6.54 Å². The molecular weight excluding hydrogens is 190 g/mol. The number of thiophene rings is 1. The van der Waals surface area contributed by atoms with Crippen LogP contribution in [0, 0.1) is 5.92 Å². The molecule has 1 nitrogen and oxygen atoms in total. The lowest BCUT2D eigenvalue weighted by Gasteiger charge is -2.44. The van der Waals surface area contributed by atoms with Gasteiger partial charge in [-0.05, 0) is 36.2 Å². The van der Waals surface area contributed by atoms with E-state index in [1.807, 2.05) is 11.3 Å². The van der Waals surface area contributed by atoms with E-state index < -0.39 is 0 Å². The second kappa shape index (κ2) is 4.45. The van der Waals surface area contributed by atoms with E-state index in [1.54, 1.807) is 4.88 Å². The van der Waals surface area contributed by atoms with Gasteiger partial charge < -0.3 is 5.32 Å². The van der Waals surface area contributed by atoms with Crippen molar-refractivity contribution in [3.05, 3.63) is 22.4 Å². The van der Waals surface area contributed by atoms with Crippen LogP contribution in [0.25, 0.3) is 0 Å². The van der Waals surface area contributed by atoms with Gasteiger partial charge in [-0.1, -0.05) is 26.3 Å². The van der Waals surface area contributed by atoms with Crippen molar-refractivity contribution in [2.24, 2.45) is 5.92 Å².